The van der Waals surface area contributed by atoms with Crippen LogP contribution in [0.1, 0.15) is 18.9 Å². The smallest absolute Gasteiger partial charge is 0.310 e. The monoisotopic (exact) mass is 257 g/mol. The Labute approximate surface area is 109 Å². The lowest BCUT2D eigenvalue weighted by Crippen LogP contribution is -2.37. The quantitative estimate of drug-likeness (QED) is 0.823. The molecule has 2 atom stereocenters. The third kappa shape index (κ3) is 4.75. The van der Waals surface area contributed by atoms with E-state index in [1.807, 2.05) is 37.3 Å². The summed E-state index contributed by atoms with van der Waals surface area (Å²) in [6.45, 7) is 1.98. The van der Waals surface area contributed by atoms with Crippen molar-refractivity contribution in [3.8, 4) is 0 Å². The van der Waals surface area contributed by atoms with E-state index in [-0.39, 0.29) is 30.3 Å². The second-order valence-corrected chi connectivity index (χ2v) is 3.89. The lowest BCUT2D eigenvalue weighted by Gasteiger charge is -2.20. The van der Waals surface area contributed by atoms with Gasteiger partial charge in [0.2, 0.25) is 0 Å². The maximum absolute atomic E-state index is 11.6. The molecular formula is C13H20ClNO2. The fourth-order valence-electron chi connectivity index (χ4n) is 1.71. The number of esters is 1. The number of carbonyl (C=O) groups is 1. The first-order valence-corrected chi connectivity index (χ1v) is 5.56. The van der Waals surface area contributed by atoms with Gasteiger partial charge in [0, 0.05) is 6.04 Å². The standard InChI is InChI=1S/C13H19NO2.ClH/c1-3-12(14)11(13(15)16-2)9-10-7-5-4-6-8-10;/h4-8,11-12H,3,9,14H2,1-2H3;1H/t11-,12+;/m0./s1. The summed E-state index contributed by atoms with van der Waals surface area (Å²) in [6, 6.07) is 9.72. The summed E-state index contributed by atoms with van der Waals surface area (Å²) >= 11 is 0. The van der Waals surface area contributed by atoms with Gasteiger partial charge in [0.1, 0.15) is 0 Å². The largest absolute Gasteiger partial charge is 0.469 e. The Bertz CT molecular complexity index is 329. The molecule has 4 heteroatoms. The number of benzene rings is 1. The van der Waals surface area contributed by atoms with Gasteiger partial charge in [0.15, 0.2) is 0 Å². The maximum Gasteiger partial charge on any atom is 0.310 e. The van der Waals surface area contributed by atoms with Gasteiger partial charge in [-0.1, -0.05) is 37.3 Å². The highest BCUT2D eigenvalue weighted by molar-refractivity contribution is 5.85. The molecule has 0 aliphatic rings. The molecule has 1 aromatic carbocycles. The summed E-state index contributed by atoms with van der Waals surface area (Å²) in [4.78, 5) is 11.6. The Hall–Kier alpha value is -1.06. The van der Waals surface area contributed by atoms with Gasteiger partial charge in [-0.15, -0.1) is 12.4 Å². The zero-order chi connectivity index (χ0) is 12.0. The van der Waals surface area contributed by atoms with Crippen molar-refractivity contribution < 1.29 is 9.53 Å². The Kier molecular flexibility index (Phi) is 7.59. The Morgan fingerprint density at radius 3 is 2.41 bits per heavy atom. The van der Waals surface area contributed by atoms with Crippen molar-refractivity contribution in [1.82, 2.24) is 0 Å². The molecule has 0 saturated carbocycles. The van der Waals surface area contributed by atoms with Crippen LogP contribution in [0.25, 0.3) is 0 Å². The zero-order valence-electron chi connectivity index (χ0n) is 10.3. The first-order valence-electron chi connectivity index (χ1n) is 5.56. The molecule has 3 nitrogen and oxygen atoms in total. The third-order valence-corrected chi connectivity index (χ3v) is 2.79. The van der Waals surface area contributed by atoms with Crippen molar-refractivity contribution in [3.05, 3.63) is 35.9 Å². The molecule has 0 fully saturated rings. The molecular weight excluding hydrogens is 238 g/mol. The van der Waals surface area contributed by atoms with E-state index >= 15 is 0 Å². The highest BCUT2D eigenvalue weighted by atomic mass is 35.5. The Morgan fingerprint density at radius 2 is 1.94 bits per heavy atom. The first-order chi connectivity index (χ1) is 7.69. The van der Waals surface area contributed by atoms with Crippen LogP contribution in [0.3, 0.4) is 0 Å². The van der Waals surface area contributed by atoms with E-state index in [1.54, 1.807) is 0 Å². The van der Waals surface area contributed by atoms with Gasteiger partial charge in [-0.2, -0.15) is 0 Å². The summed E-state index contributed by atoms with van der Waals surface area (Å²) in [5, 5.41) is 0. The molecule has 96 valence electrons. The third-order valence-electron chi connectivity index (χ3n) is 2.79. The topological polar surface area (TPSA) is 52.3 Å². The molecule has 17 heavy (non-hydrogen) atoms. The van der Waals surface area contributed by atoms with Crippen molar-refractivity contribution in [1.29, 1.82) is 0 Å². The molecule has 0 amide bonds. The minimum Gasteiger partial charge on any atom is -0.469 e. The van der Waals surface area contributed by atoms with Gasteiger partial charge < -0.3 is 10.5 Å². The van der Waals surface area contributed by atoms with Crippen LogP contribution in [-0.2, 0) is 16.0 Å². The fourth-order valence-corrected chi connectivity index (χ4v) is 1.71. The van der Waals surface area contributed by atoms with Gasteiger partial charge in [-0.25, -0.2) is 0 Å². The predicted molar refractivity (Wildman–Crippen MR) is 71.2 cm³/mol. The highest BCUT2D eigenvalue weighted by Gasteiger charge is 2.25. The maximum atomic E-state index is 11.6. The first kappa shape index (κ1) is 15.9. The molecule has 1 aromatic rings. The number of methoxy groups -OCH3 is 1. The van der Waals surface area contributed by atoms with Crippen LogP contribution in [-0.4, -0.2) is 19.1 Å². The van der Waals surface area contributed by atoms with Gasteiger partial charge >= 0.3 is 5.97 Å². The van der Waals surface area contributed by atoms with Crippen LogP contribution in [0.15, 0.2) is 30.3 Å². The number of hydrogen-bond acceptors (Lipinski definition) is 3. The molecule has 0 aliphatic heterocycles. The molecule has 2 N–H and O–H groups in total. The lowest BCUT2D eigenvalue weighted by atomic mass is 9.91. The molecule has 0 bridgehead atoms. The van der Waals surface area contributed by atoms with E-state index in [0.717, 1.165) is 12.0 Å². The van der Waals surface area contributed by atoms with Gasteiger partial charge in [-0.05, 0) is 18.4 Å². The molecule has 0 aliphatic carbocycles. The molecule has 0 radical (unpaired) electrons. The Balaban J connectivity index is 0.00000256. The zero-order valence-corrected chi connectivity index (χ0v) is 11.1. The SMILES string of the molecule is CC[C@@H](N)[C@H](Cc1ccccc1)C(=O)OC.Cl. The minimum absolute atomic E-state index is 0. The highest BCUT2D eigenvalue weighted by Crippen LogP contribution is 2.15. The summed E-state index contributed by atoms with van der Waals surface area (Å²) in [6.07, 6.45) is 1.41. The van der Waals surface area contributed by atoms with Crippen LogP contribution >= 0.6 is 12.4 Å². The molecule has 0 saturated heterocycles. The van der Waals surface area contributed by atoms with E-state index in [0.29, 0.717) is 6.42 Å². The van der Waals surface area contributed by atoms with Crippen molar-refractivity contribution in [3.63, 3.8) is 0 Å². The molecule has 0 heterocycles. The normalized spacial score (nSPS) is 13.4. The summed E-state index contributed by atoms with van der Waals surface area (Å²) in [7, 11) is 1.41. The second-order valence-electron chi connectivity index (χ2n) is 3.89. The predicted octanol–water partition coefficient (Wildman–Crippen LogP) is 2.18. The lowest BCUT2D eigenvalue weighted by molar-refractivity contribution is -0.146. The number of halogens is 1. The van der Waals surface area contributed by atoms with Crippen LogP contribution in [0.4, 0.5) is 0 Å². The number of hydrogen-bond donors (Lipinski definition) is 1. The van der Waals surface area contributed by atoms with E-state index < -0.39 is 0 Å². The van der Waals surface area contributed by atoms with E-state index in [9.17, 15) is 4.79 Å². The number of rotatable bonds is 5. The van der Waals surface area contributed by atoms with E-state index in [4.69, 9.17) is 10.5 Å². The fraction of sp³-hybridized carbons (Fsp3) is 0.462. The van der Waals surface area contributed by atoms with Crippen LogP contribution in [0, 0.1) is 5.92 Å². The average molecular weight is 258 g/mol. The van der Waals surface area contributed by atoms with Crippen LogP contribution in [0.5, 0.6) is 0 Å². The molecule has 1 rings (SSSR count). The van der Waals surface area contributed by atoms with Crippen LogP contribution in [0.2, 0.25) is 0 Å². The molecule has 0 spiro atoms. The van der Waals surface area contributed by atoms with Crippen LogP contribution < -0.4 is 5.73 Å². The van der Waals surface area contributed by atoms with Crippen molar-refractivity contribution in [2.24, 2.45) is 11.7 Å². The summed E-state index contributed by atoms with van der Waals surface area (Å²) in [5.74, 6) is -0.476. The van der Waals surface area contributed by atoms with Gasteiger partial charge in [0.25, 0.3) is 0 Å². The Morgan fingerprint density at radius 1 is 1.35 bits per heavy atom. The number of carbonyl (C=O) groups excluding carboxylic acids is 1. The number of nitrogens with two attached hydrogens (primary N) is 1. The van der Waals surface area contributed by atoms with Gasteiger partial charge in [-0.3, -0.25) is 4.79 Å². The van der Waals surface area contributed by atoms with Gasteiger partial charge in [0.05, 0.1) is 13.0 Å². The second kappa shape index (κ2) is 8.09. The number of ether oxygens (including phenoxy) is 1. The van der Waals surface area contributed by atoms with Crippen molar-refractivity contribution in [2.75, 3.05) is 7.11 Å². The van der Waals surface area contributed by atoms with Crippen molar-refractivity contribution >= 4 is 18.4 Å². The van der Waals surface area contributed by atoms with E-state index in [1.165, 1.54) is 7.11 Å². The molecule has 0 unspecified atom stereocenters. The minimum atomic E-state index is -0.252. The summed E-state index contributed by atoms with van der Waals surface area (Å²) in [5.41, 5.74) is 7.05. The molecule has 0 aromatic heterocycles. The van der Waals surface area contributed by atoms with E-state index in [2.05, 4.69) is 0 Å². The summed E-state index contributed by atoms with van der Waals surface area (Å²) < 4.78 is 4.79. The average Bonchev–Trinajstić information content (AvgIpc) is 2.35. The van der Waals surface area contributed by atoms with Crippen molar-refractivity contribution in [2.45, 2.75) is 25.8 Å².